The van der Waals surface area contributed by atoms with Gasteiger partial charge < -0.3 is 52.8 Å². The van der Waals surface area contributed by atoms with Crippen LogP contribution in [0.5, 0.6) is 0 Å². The Labute approximate surface area is 322 Å². The zero-order chi connectivity index (χ0) is 36.8. The van der Waals surface area contributed by atoms with Crippen LogP contribution < -0.4 is 38.1 Å². The number of nitrogens with zero attached hydrogens (tertiary/aromatic N) is 10. The molecule has 0 saturated carbocycles. The van der Waals surface area contributed by atoms with Crippen molar-refractivity contribution >= 4 is 61.8 Å². The number of nitrogens with two attached hydrogens (primary N) is 4. The van der Waals surface area contributed by atoms with E-state index in [-0.39, 0.29) is 45.3 Å². The van der Waals surface area contributed by atoms with Crippen LogP contribution in [-0.4, -0.2) is 139 Å². The Morgan fingerprint density at radius 1 is 0.604 bits per heavy atom. The molecule has 53 heavy (non-hydrogen) atoms. The maximum atomic E-state index is 11.0. The summed E-state index contributed by atoms with van der Waals surface area (Å²) in [6.45, 7) is 12.1. The Morgan fingerprint density at radius 2 is 0.981 bits per heavy atom. The highest BCUT2D eigenvalue weighted by molar-refractivity contribution is 9.10. The van der Waals surface area contributed by atoms with Crippen molar-refractivity contribution in [2.75, 3.05) is 132 Å². The molecule has 0 aliphatic carbocycles. The van der Waals surface area contributed by atoms with Gasteiger partial charge in [0, 0.05) is 97.1 Å². The van der Waals surface area contributed by atoms with E-state index in [0.29, 0.717) is 21.7 Å². The molecule has 0 aromatic carbocycles. The van der Waals surface area contributed by atoms with Gasteiger partial charge in [-0.05, 0) is 55.3 Å². The fraction of sp³-hybridized carbons (Fsp3) is 0.545. The average molecular weight is 811 g/mol. The molecule has 6 heterocycles. The van der Waals surface area contributed by atoms with Crippen molar-refractivity contribution in [3.63, 3.8) is 0 Å². The molecule has 298 valence electrons. The van der Waals surface area contributed by atoms with Crippen LogP contribution in [0.2, 0.25) is 0 Å². The molecule has 0 atom stereocenters. The smallest absolute Gasteiger partial charge is 0.334 e. The van der Waals surface area contributed by atoms with Gasteiger partial charge in [-0.3, -0.25) is 20.2 Å². The van der Waals surface area contributed by atoms with E-state index < -0.39 is 9.85 Å². The average Bonchev–Trinajstić information content (AvgIpc) is 3.08. The first-order valence-electron chi connectivity index (χ1n) is 16.0. The second-order valence-electron chi connectivity index (χ2n) is 11.9. The van der Waals surface area contributed by atoms with Crippen molar-refractivity contribution in [3.05, 3.63) is 61.5 Å². The van der Waals surface area contributed by atoms with Crippen molar-refractivity contribution in [1.82, 2.24) is 35.0 Å². The summed E-state index contributed by atoms with van der Waals surface area (Å²) in [5.41, 5.74) is 24.3. The largest absolute Gasteiger partial charge is 0.394 e. The summed E-state index contributed by atoms with van der Waals surface area (Å²) in [5, 5.41) is 24.6. The Hall–Kier alpha value is -4.63. The summed E-state index contributed by atoms with van der Waals surface area (Å²) >= 11 is 2.99. The monoisotopic (exact) mass is 809 g/mol. The van der Waals surface area contributed by atoms with Crippen LogP contribution in [0.3, 0.4) is 0 Å². The Kier molecular flexibility index (Phi) is 21.8. The molecule has 3 aliphatic rings. The van der Waals surface area contributed by atoms with Crippen molar-refractivity contribution in [3.8, 4) is 0 Å². The van der Waals surface area contributed by atoms with E-state index >= 15 is 0 Å². The molecule has 3 aromatic rings. The van der Waals surface area contributed by atoms with Gasteiger partial charge in [0.1, 0.15) is 16.0 Å². The van der Waals surface area contributed by atoms with Gasteiger partial charge in [0.15, 0.2) is 0 Å². The number of nitro groups is 2. The number of halogens is 1. The van der Waals surface area contributed by atoms with Crippen molar-refractivity contribution < 1.29 is 9.85 Å². The fourth-order valence-corrected chi connectivity index (χ4v) is 5.62. The van der Waals surface area contributed by atoms with Gasteiger partial charge in [-0.15, -0.1) is 0 Å². The zero-order valence-corrected chi connectivity index (χ0v) is 30.3. The van der Waals surface area contributed by atoms with Gasteiger partial charge in [-0.1, -0.05) is 22.3 Å². The van der Waals surface area contributed by atoms with E-state index in [1.165, 1.54) is 31.5 Å². The number of pyridine rings is 3. The normalized spacial score (nSPS) is 15.9. The van der Waals surface area contributed by atoms with Gasteiger partial charge >= 0.3 is 11.4 Å². The first kappa shape index (κ1) is 48.4. The van der Waals surface area contributed by atoms with Gasteiger partial charge in [0.2, 0.25) is 11.6 Å². The summed E-state index contributed by atoms with van der Waals surface area (Å²) in [7, 11) is 6.31. The molecule has 3 saturated heterocycles. The molecule has 0 spiro atoms. The maximum absolute atomic E-state index is 11.0. The number of rotatable bonds is 4. The number of likely N-dealkylation sites (N-methyl/N-ethyl adjacent to an activating group) is 3. The van der Waals surface area contributed by atoms with Gasteiger partial charge in [0.05, 0.1) is 21.2 Å². The minimum Gasteiger partial charge on any atom is -0.394 e. The van der Waals surface area contributed by atoms with Crippen LogP contribution in [-0.2, 0) is 0 Å². The van der Waals surface area contributed by atoms with Gasteiger partial charge in [0.25, 0.3) is 0 Å². The molecular weight excluding hydrogens is 750 g/mol. The first-order valence-corrected chi connectivity index (χ1v) is 16.8. The SMILES string of the molecule is C.C.C.CN1CCN(c2ccnc(N)c2N)CC1.CN1CCN(c2ccnc(N)c2[N+](=O)[O-])CC1.CN1CCNCC1.Nc1nccc(Br)c1[N+](=O)[O-]. The Morgan fingerprint density at radius 3 is 1.38 bits per heavy atom. The van der Waals surface area contributed by atoms with Crippen LogP contribution in [0.15, 0.2) is 41.3 Å². The summed E-state index contributed by atoms with van der Waals surface area (Å²) in [5.74, 6) is 0.322. The van der Waals surface area contributed by atoms with Crippen LogP contribution >= 0.6 is 15.9 Å². The molecular formula is C33H60BrN15O4. The minimum atomic E-state index is -0.577. The topological polar surface area (TPSA) is 257 Å². The third-order valence-electron chi connectivity index (χ3n) is 8.23. The minimum absolute atomic E-state index is 0. The quantitative estimate of drug-likeness (QED) is 0.187. The molecule has 0 radical (unpaired) electrons. The van der Waals surface area contributed by atoms with Crippen LogP contribution in [0.25, 0.3) is 0 Å². The number of nitrogen functional groups attached to an aromatic ring is 4. The molecule has 19 nitrogen and oxygen atoms in total. The molecule has 3 aromatic heterocycles. The molecule has 3 fully saturated rings. The van der Waals surface area contributed by atoms with Crippen LogP contribution in [0, 0.1) is 20.2 Å². The van der Waals surface area contributed by atoms with E-state index in [1.807, 2.05) is 18.0 Å². The maximum Gasteiger partial charge on any atom is 0.334 e. The lowest BCUT2D eigenvalue weighted by molar-refractivity contribution is -0.385. The predicted octanol–water partition coefficient (Wildman–Crippen LogP) is 3.09. The van der Waals surface area contributed by atoms with Gasteiger partial charge in [-0.2, -0.15) is 0 Å². The van der Waals surface area contributed by atoms with Crippen LogP contribution in [0.4, 0.5) is 45.9 Å². The highest BCUT2D eigenvalue weighted by atomic mass is 79.9. The summed E-state index contributed by atoms with van der Waals surface area (Å²) in [4.78, 5) is 42.6. The third-order valence-corrected chi connectivity index (χ3v) is 8.87. The van der Waals surface area contributed by atoms with E-state index in [9.17, 15) is 20.2 Å². The lowest BCUT2D eigenvalue weighted by Crippen LogP contribution is -2.44. The number of aromatic nitrogens is 3. The van der Waals surface area contributed by atoms with Crippen molar-refractivity contribution in [2.24, 2.45) is 0 Å². The Bertz CT molecular complexity index is 1530. The highest BCUT2D eigenvalue weighted by Gasteiger charge is 2.25. The molecule has 20 heteroatoms. The lowest BCUT2D eigenvalue weighted by atomic mass is 10.2. The van der Waals surface area contributed by atoms with E-state index in [0.717, 1.165) is 71.1 Å². The standard InChI is InChI=1S/C10H15N5O2.C10H17N5.C5H4BrN3O2.C5H12N2.3CH4/c1-13-4-6-14(7-5-13)8-2-3-12-10(11)9(8)15(16)17;1-14-4-6-15(7-5-14)8-2-3-13-10(12)9(8)11;6-3-1-2-8-5(7)4(3)9(10)11;1-7-4-2-6-3-5-7;;;/h2-3H,4-7H2,1H3,(H2,11,12);2-3H,4-7,11H2,1H3,(H2,12,13);1-2H,(H2,7,8);6H,2-5H2,1H3;3*1H4. The second kappa shape index (κ2) is 23.8. The van der Waals surface area contributed by atoms with E-state index in [1.54, 1.807) is 12.3 Å². The molecule has 0 amide bonds. The lowest BCUT2D eigenvalue weighted by Gasteiger charge is -2.34. The number of hydrogen-bond donors (Lipinski definition) is 5. The molecule has 0 unspecified atom stereocenters. The van der Waals surface area contributed by atoms with Crippen LogP contribution in [0.1, 0.15) is 22.3 Å². The number of hydrogen-bond acceptors (Lipinski definition) is 17. The molecule has 0 bridgehead atoms. The summed E-state index contributed by atoms with van der Waals surface area (Å²) < 4.78 is 0.343. The third kappa shape index (κ3) is 14.7. The molecule has 9 N–H and O–H groups in total. The number of piperazine rings is 3. The molecule has 3 aliphatic heterocycles. The Balaban J connectivity index is 0.000000694. The summed E-state index contributed by atoms with van der Waals surface area (Å²) in [6, 6.07) is 5.05. The molecule has 6 rings (SSSR count). The van der Waals surface area contributed by atoms with Crippen molar-refractivity contribution in [2.45, 2.75) is 22.3 Å². The number of nitrogens with one attached hydrogen (secondary N) is 1. The van der Waals surface area contributed by atoms with Gasteiger partial charge in [-0.25, -0.2) is 15.0 Å². The van der Waals surface area contributed by atoms with Crippen molar-refractivity contribution in [1.29, 1.82) is 0 Å². The zero-order valence-electron chi connectivity index (χ0n) is 28.7. The highest BCUT2D eigenvalue weighted by Crippen LogP contribution is 2.32. The van der Waals surface area contributed by atoms with E-state index in [4.69, 9.17) is 22.9 Å². The first-order chi connectivity index (χ1) is 23.8. The second-order valence-corrected chi connectivity index (χ2v) is 12.7. The fourth-order valence-electron chi connectivity index (χ4n) is 5.15. The predicted molar refractivity (Wildman–Crippen MR) is 221 cm³/mol. The number of anilines is 6. The van der Waals surface area contributed by atoms with E-state index in [2.05, 4.69) is 69.9 Å². The summed E-state index contributed by atoms with van der Waals surface area (Å²) in [6.07, 6.45) is 4.61.